The Morgan fingerprint density at radius 2 is 1.08 bits per heavy atom. The molecule has 0 aliphatic carbocycles. The summed E-state index contributed by atoms with van der Waals surface area (Å²) in [7, 11) is -2.27. The molecule has 0 fully saturated rings. The highest BCUT2D eigenvalue weighted by atomic mass is 31.0. The molecule has 0 aliphatic heterocycles. The molecule has 5 heteroatoms. The van der Waals surface area contributed by atoms with Crippen molar-refractivity contribution in [2.24, 2.45) is 0 Å². The van der Waals surface area contributed by atoms with Crippen molar-refractivity contribution < 1.29 is 13.3 Å². The number of rotatable bonds is 7. The van der Waals surface area contributed by atoms with Crippen LogP contribution in [0.5, 0.6) is 0 Å². The molecule has 0 radical (unpaired) electrons. The Morgan fingerprint density at radius 3 is 1.23 bits per heavy atom. The van der Waals surface area contributed by atoms with Crippen molar-refractivity contribution in [1.82, 2.24) is 0 Å². The number of hydrogen-bond acceptors (Lipinski definition) is 3. The molecular weight excluding hydrogens is 203 g/mol. The fourth-order valence-electron chi connectivity index (χ4n) is 1.09. The van der Waals surface area contributed by atoms with E-state index in [-0.39, 0.29) is 9.90 Å². The van der Waals surface area contributed by atoms with E-state index in [1.807, 2.05) is 27.7 Å². The largest absolute Gasteiger partial charge is 0.500 e. The molecule has 13 heavy (non-hydrogen) atoms. The van der Waals surface area contributed by atoms with Gasteiger partial charge in [-0.2, -0.15) is 9.90 Å². The van der Waals surface area contributed by atoms with Crippen LogP contribution in [0.2, 0.25) is 6.04 Å². The zero-order valence-corrected chi connectivity index (χ0v) is 11.7. The number of hydrogen-bond donors (Lipinski definition) is 0. The SMILES string of the molecule is CCO[Si](CC)(OCC)OCC.P. The maximum absolute atomic E-state index is 5.55. The van der Waals surface area contributed by atoms with E-state index in [0.717, 1.165) is 6.04 Å². The van der Waals surface area contributed by atoms with Crippen LogP contribution >= 0.6 is 9.90 Å². The summed E-state index contributed by atoms with van der Waals surface area (Å²) in [5.41, 5.74) is 0. The van der Waals surface area contributed by atoms with Gasteiger partial charge in [0, 0.05) is 25.9 Å². The molecule has 0 spiro atoms. The molecule has 0 aliphatic rings. The van der Waals surface area contributed by atoms with Crippen molar-refractivity contribution in [2.45, 2.75) is 33.7 Å². The van der Waals surface area contributed by atoms with E-state index in [1.54, 1.807) is 0 Å². The van der Waals surface area contributed by atoms with Crippen molar-refractivity contribution in [1.29, 1.82) is 0 Å². The molecule has 0 aromatic carbocycles. The van der Waals surface area contributed by atoms with Crippen LogP contribution in [0.15, 0.2) is 0 Å². The minimum absolute atomic E-state index is 0. The molecule has 0 heterocycles. The molecule has 0 saturated carbocycles. The standard InChI is InChI=1S/C8H20O3Si.H3P/c1-5-9-12(8-4,10-6-2)11-7-3;/h5-8H2,1-4H3;1H3. The molecular formula is C8H23O3PSi. The van der Waals surface area contributed by atoms with Crippen LogP contribution in [0.1, 0.15) is 27.7 Å². The van der Waals surface area contributed by atoms with Crippen LogP contribution in [0.25, 0.3) is 0 Å². The van der Waals surface area contributed by atoms with Crippen molar-refractivity contribution in [3.8, 4) is 0 Å². The Bertz CT molecular complexity index is 96.5. The van der Waals surface area contributed by atoms with Crippen LogP contribution in [-0.2, 0) is 13.3 Å². The van der Waals surface area contributed by atoms with Gasteiger partial charge in [-0.1, -0.05) is 6.92 Å². The Morgan fingerprint density at radius 1 is 0.769 bits per heavy atom. The predicted molar refractivity (Wildman–Crippen MR) is 62.2 cm³/mol. The summed E-state index contributed by atoms with van der Waals surface area (Å²) >= 11 is 0. The molecule has 0 aromatic heterocycles. The smallest absolute Gasteiger partial charge is 0.374 e. The lowest BCUT2D eigenvalue weighted by molar-refractivity contribution is 0.0725. The summed E-state index contributed by atoms with van der Waals surface area (Å²) in [5.74, 6) is 0. The fourth-order valence-corrected chi connectivity index (χ4v) is 3.27. The lowest BCUT2D eigenvalue weighted by atomic mass is 10.9. The highest BCUT2D eigenvalue weighted by Crippen LogP contribution is 2.14. The Labute approximate surface area is 86.1 Å². The summed E-state index contributed by atoms with van der Waals surface area (Å²) in [6.07, 6.45) is 0. The molecule has 1 atom stereocenters. The maximum Gasteiger partial charge on any atom is 0.500 e. The van der Waals surface area contributed by atoms with Crippen LogP contribution in [0.4, 0.5) is 0 Å². The van der Waals surface area contributed by atoms with Gasteiger partial charge in [0.05, 0.1) is 0 Å². The normalized spacial score (nSPS) is 11.1. The van der Waals surface area contributed by atoms with E-state index in [9.17, 15) is 0 Å². The minimum Gasteiger partial charge on any atom is -0.374 e. The van der Waals surface area contributed by atoms with Gasteiger partial charge >= 0.3 is 8.80 Å². The molecule has 82 valence electrons. The van der Waals surface area contributed by atoms with Gasteiger partial charge in [-0.05, 0) is 20.8 Å². The average molecular weight is 226 g/mol. The van der Waals surface area contributed by atoms with Crippen LogP contribution < -0.4 is 0 Å². The van der Waals surface area contributed by atoms with Gasteiger partial charge in [0.2, 0.25) is 0 Å². The molecule has 0 aromatic rings. The second-order valence-corrected chi connectivity index (χ2v) is 5.27. The summed E-state index contributed by atoms with van der Waals surface area (Å²) < 4.78 is 16.7. The fraction of sp³-hybridized carbons (Fsp3) is 1.00. The highest BCUT2D eigenvalue weighted by molar-refractivity contribution is 6.92. The van der Waals surface area contributed by atoms with Crippen molar-refractivity contribution in [2.75, 3.05) is 19.8 Å². The van der Waals surface area contributed by atoms with Crippen LogP contribution in [-0.4, -0.2) is 28.6 Å². The lowest BCUT2D eigenvalue weighted by Gasteiger charge is -2.26. The molecule has 1 unspecified atom stereocenters. The van der Waals surface area contributed by atoms with Gasteiger partial charge in [0.25, 0.3) is 0 Å². The van der Waals surface area contributed by atoms with Crippen molar-refractivity contribution >= 4 is 18.7 Å². The van der Waals surface area contributed by atoms with Gasteiger partial charge in [-0.25, -0.2) is 0 Å². The molecule has 0 bridgehead atoms. The first-order chi connectivity index (χ1) is 5.74. The third-order valence-electron chi connectivity index (χ3n) is 1.53. The third-order valence-corrected chi connectivity index (χ3v) is 4.58. The third kappa shape index (κ3) is 5.76. The zero-order chi connectivity index (χ0) is 9.45. The van der Waals surface area contributed by atoms with Gasteiger partial charge in [0.1, 0.15) is 0 Å². The Kier molecular flexibility index (Phi) is 11.2. The van der Waals surface area contributed by atoms with E-state index in [2.05, 4.69) is 0 Å². The van der Waals surface area contributed by atoms with Crippen LogP contribution in [0.3, 0.4) is 0 Å². The Balaban J connectivity index is 0. The van der Waals surface area contributed by atoms with E-state index in [1.165, 1.54) is 0 Å². The first-order valence-electron chi connectivity index (χ1n) is 4.66. The second-order valence-electron chi connectivity index (χ2n) is 2.34. The monoisotopic (exact) mass is 226 g/mol. The topological polar surface area (TPSA) is 27.7 Å². The van der Waals surface area contributed by atoms with E-state index in [0.29, 0.717) is 19.8 Å². The summed E-state index contributed by atoms with van der Waals surface area (Å²) in [6, 6.07) is 0.850. The molecule has 0 amide bonds. The van der Waals surface area contributed by atoms with E-state index >= 15 is 0 Å². The van der Waals surface area contributed by atoms with Crippen molar-refractivity contribution in [3.63, 3.8) is 0 Å². The molecule has 0 N–H and O–H groups in total. The van der Waals surface area contributed by atoms with Gasteiger partial charge in [-0.3, -0.25) is 0 Å². The molecule has 0 rings (SSSR count). The second kappa shape index (κ2) is 9.10. The quantitative estimate of drug-likeness (QED) is 0.491. The first-order valence-corrected chi connectivity index (χ1v) is 6.59. The summed E-state index contributed by atoms with van der Waals surface area (Å²) in [6.45, 7) is 9.95. The summed E-state index contributed by atoms with van der Waals surface area (Å²) in [5, 5.41) is 0. The zero-order valence-electron chi connectivity index (χ0n) is 9.26. The van der Waals surface area contributed by atoms with Crippen molar-refractivity contribution in [3.05, 3.63) is 0 Å². The predicted octanol–water partition coefficient (Wildman–Crippen LogP) is 2.11. The van der Waals surface area contributed by atoms with E-state index < -0.39 is 8.80 Å². The van der Waals surface area contributed by atoms with E-state index in [4.69, 9.17) is 13.3 Å². The van der Waals surface area contributed by atoms with Crippen LogP contribution in [0, 0.1) is 0 Å². The lowest BCUT2D eigenvalue weighted by Crippen LogP contribution is -2.45. The molecule has 0 saturated heterocycles. The minimum atomic E-state index is -2.27. The average Bonchev–Trinajstić information content (AvgIpc) is 2.06. The highest BCUT2D eigenvalue weighted by Gasteiger charge is 2.37. The molecule has 3 nitrogen and oxygen atoms in total. The van der Waals surface area contributed by atoms with Gasteiger partial charge < -0.3 is 13.3 Å². The maximum atomic E-state index is 5.55. The van der Waals surface area contributed by atoms with Gasteiger partial charge in [-0.15, -0.1) is 0 Å². The summed E-state index contributed by atoms with van der Waals surface area (Å²) in [4.78, 5) is 0. The Hall–Kier alpha value is 0.527. The first kappa shape index (κ1) is 16.0. The van der Waals surface area contributed by atoms with Gasteiger partial charge in [0.15, 0.2) is 0 Å².